The lowest BCUT2D eigenvalue weighted by molar-refractivity contribution is -0.0449. The molecule has 4 nitrogen and oxygen atoms in total. The Morgan fingerprint density at radius 1 is 0.465 bits per heavy atom. The fourth-order valence-electron chi connectivity index (χ4n) is 5.07. The third kappa shape index (κ3) is 4.27. The van der Waals surface area contributed by atoms with E-state index < -0.39 is 107 Å². The van der Waals surface area contributed by atoms with Crippen LogP contribution < -0.4 is 0 Å². The molecule has 2 aliphatic heterocycles. The highest BCUT2D eigenvalue weighted by molar-refractivity contribution is 8.36. The van der Waals surface area contributed by atoms with Gasteiger partial charge in [0.2, 0.25) is 0 Å². The summed E-state index contributed by atoms with van der Waals surface area (Å²) in [7, 11) is -17.2. The highest BCUT2D eigenvalue weighted by atomic mass is 32.4. The van der Waals surface area contributed by atoms with Crippen molar-refractivity contribution in [3.05, 3.63) is 96.1 Å². The summed E-state index contributed by atoms with van der Waals surface area (Å²) in [6.45, 7) is 0. The molecule has 43 heavy (non-hydrogen) atoms. The second-order valence-electron chi connectivity index (χ2n) is 9.11. The number of rotatable bonds is 4. The molecule has 0 bridgehead atoms. The molecule has 4 aromatic rings. The SMILES string of the molecule is O=S(=O)(OS1(C(F)(F)F)c2ccc(F)cc2-c2cc(F)ccc21)OS1(C(F)(F)F)c2ccc(F)cc2-c2cc(F)ccc21. The Balaban J connectivity index is 1.59. The monoisotopic (exact) mass is 674 g/mol. The lowest BCUT2D eigenvalue weighted by Gasteiger charge is -2.40. The zero-order valence-corrected chi connectivity index (χ0v) is 23.0. The van der Waals surface area contributed by atoms with Crippen LogP contribution in [0.25, 0.3) is 22.3 Å². The number of benzene rings is 4. The van der Waals surface area contributed by atoms with E-state index in [0.717, 1.165) is 0 Å². The van der Waals surface area contributed by atoms with Gasteiger partial charge in [0.25, 0.3) is 0 Å². The number of hydrogen-bond acceptors (Lipinski definition) is 4. The maximum atomic E-state index is 15.0. The Bertz CT molecular complexity index is 1700. The Kier molecular flexibility index (Phi) is 6.50. The van der Waals surface area contributed by atoms with Crippen molar-refractivity contribution in [3.63, 3.8) is 0 Å². The van der Waals surface area contributed by atoms with Crippen molar-refractivity contribution in [2.45, 2.75) is 30.6 Å². The molecule has 0 radical (unpaired) electrons. The fraction of sp³-hybridized carbons (Fsp3) is 0.0769. The average molecular weight is 675 g/mol. The Morgan fingerprint density at radius 2 is 0.698 bits per heavy atom. The molecule has 4 aromatic carbocycles. The van der Waals surface area contributed by atoms with Crippen molar-refractivity contribution >= 4 is 31.0 Å². The smallest absolute Gasteiger partial charge is 0.207 e. The maximum Gasteiger partial charge on any atom is 0.456 e. The molecule has 0 N–H and O–H groups in total. The fourth-order valence-corrected chi connectivity index (χ4v) is 13.6. The van der Waals surface area contributed by atoms with Crippen LogP contribution >= 0.6 is 20.6 Å². The van der Waals surface area contributed by atoms with E-state index >= 15 is 26.3 Å². The minimum Gasteiger partial charge on any atom is -0.207 e. The minimum absolute atomic E-state index is 0.541. The van der Waals surface area contributed by atoms with Crippen LogP contribution in [-0.4, -0.2) is 19.4 Å². The lowest BCUT2D eigenvalue weighted by atomic mass is 10.1. The van der Waals surface area contributed by atoms with Gasteiger partial charge in [-0.05, 0) is 72.8 Å². The van der Waals surface area contributed by atoms with E-state index in [1.54, 1.807) is 0 Å². The van der Waals surface area contributed by atoms with E-state index in [4.69, 9.17) is 0 Å². The van der Waals surface area contributed by atoms with Crippen LogP contribution in [0.15, 0.2) is 92.4 Å². The summed E-state index contributed by atoms with van der Waals surface area (Å²) >= 11 is 0. The van der Waals surface area contributed by atoms with E-state index in [-0.39, 0.29) is 0 Å². The third-order valence-corrected chi connectivity index (χ3v) is 14.8. The minimum atomic E-state index is -6.38. The average Bonchev–Trinajstić information content (AvgIpc) is 3.30. The molecular formula is C26H12F10O4S3. The number of alkyl halides is 6. The number of halogens is 10. The lowest BCUT2D eigenvalue weighted by Crippen LogP contribution is -2.29. The second kappa shape index (κ2) is 9.37. The molecule has 2 aliphatic rings. The molecule has 0 aromatic heterocycles. The summed E-state index contributed by atoms with van der Waals surface area (Å²) in [5.41, 5.74) is -13.8. The first kappa shape index (κ1) is 29.8. The zero-order chi connectivity index (χ0) is 31.3. The molecule has 0 saturated carbocycles. The molecule has 0 spiro atoms. The second-order valence-corrected chi connectivity index (χ2v) is 15.9. The van der Waals surface area contributed by atoms with E-state index in [0.29, 0.717) is 72.8 Å². The van der Waals surface area contributed by atoms with Crippen molar-refractivity contribution in [1.82, 2.24) is 0 Å². The molecule has 0 amide bonds. The molecule has 6 rings (SSSR count). The molecule has 0 fully saturated rings. The molecular weight excluding hydrogens is 662 g/mol. The van der Waals surface area contributed by atoms with Crippen LogP contribution in [-0.2, 0) is 17.7 Å². The molecule has 2 heterocycles. The first-order chi connectivity index (χ1) is 19.9. The maximum absolute atomic E-state index is 15.0. The standard InChI is InChI=1S/C26H12F10O4S3/c27-13-1-5-21-17(9-13)18-10-14(28)2-6-22(18)41(21,25(31,32)33)39-43(37,38)40-42(26(34,35)36)23-7-3-15(29)11-19(23)20-12-16(30)4-8-24(20)42/h1-12H. The molecule has 17 heteroatoms. The van der Waals surface area contributed by atoms with Crippen molar-refractivity contribution < 1.29 is 59.6 Å². The Labute approximate surface area is 239 Å². The topological polar surface area (TPSA) is 52.6 Å². The summed E-state index contributed by atoms with van der Waals surface area (Å²) in [6, 6.07) is 6.61. The summed E-state index contributed by atoms with van der Waals surface area (Å²) in [5.74, 6) is -4.32. The van der Waals surface area contributed by atoms with Gasteiger partial charge < -0.3 is 0 Å². The summed E-state index contributed by atoms with van der Waals surface area (Å²) in [5, 5.41) is 0. The van der Waals surface area contributed by atoms with Crippen LogP contribution in [0.2, 0.25) is 0 Å². The van der Waals surface area contributed by atoms with Crippen molar-refractivity contribution in [1.29, 1.82) is 0 Å². The van der Waals surface area contributed by atoms with Crippen LogP contribution in [0, 0.1) is 23.3 Å². The third-order valence-electron chi connectivity index (χ3n) is 6.61. The first-order valence-corrected chi connectivity index (χ1v) is 16.0. The van der Waals surface area contributed by atoms with Gasteiger partial charge in [0.15, 0.2) is 0 Å². The predicted molar refractivity (Wildman–Crippen MR) is 135 cm³/mol. The molecule has 228 valence electrons. The summed E-state index contributed by atoms with van der Waals surface area (Å²) in [6.07, 6.45) is 0. The van der Waals surface area contributed by atoms with Gasteiger partial charge in [-0.1, -0.05) is 0 Å². The van der Waals surface area contributed by atoms with Crippen LogP contribution in [0.3, 0.4) is 0 Å². The van der Waals surface area contributed by atoms with Gasteiger partial charge in [-0.15, -0.1) is 0 Å². The molecule has 0 unspecified atom stereocenters. The number of fused-ring (bicyclic) bond motifs is 6. The predicted octanol–water partition coefficient (Wildman–Crippen LogP) is 9.50. The van der Waals surface area contributed by atoms with Gasteiger partial charge in [-0.2, -0.15) is 42.0 Å². The summed E-state index contributed by atoms with van der Waals surface area (Å²) < 4.78 is 183. The Morgan fingerprint density at radius 3 is 0.907 bits per heavy atom. The van der Waals surface area contributed by atoms with E-state index in [1.165, 1.54) is 0 Å². The number of hydrogen-bond donors (Lipinski definition) is 0. The molecule has 0 saturated heterocycles. The summed E-state index contributed by atoms with van der Waals surface area (Å²) in [4.78, 5) is -3.94. The van der Waals surface area contributed by atoms with Gasteiger partial charge in [0, 0.05) is 62.5 Å². The molecule has 0 atom stereocenters. The van der Waals surface area contributed by atoms with Crippen LogP contribution in [0.4, 0.5) is 43.9 Å². The van der Waals surface area contributed by atoms with Crippen LogP contribution in [0.1, 0.15) is 0 Å². The molecule has 0 aliphatic carbocycles. The zero-order valence-electron chi connectivity index (χ0n) is 20.6. The first-order valence-electron chi connectivity index (χ1n) is 11.6. The van der Waals surface area contributed by atoms with Crippen molar-refractivity contribution in [2.75, 3.05) is 0 Å². The van der Waals surface area contributed by atoms with Crippen LogP contribution in [0.5, 0.6) is 0 Å². The van der Waals surface area contributed by atoms with Gasteiger partial charge in [-0.3, -0.25) is 0 Å². The highest BCUT2D eigenvalue weighted by Crippen LogP contribution is 2.83. The van der Waals surface area contributed by atoms with E-state index in [1.807, 2.05) is 0 Å². The largest absolute Gasteiger partial charge is 0.456 e. The van der Waals surface area contributed by atoms with Gasteiger partial charge in [-0.25, -0.2) is 17.6 Å². The van der Waals surface area contributed by atoms with Crippen molar-refractivity contribution in [3.8, 4) is 22.3 Å². The normalized spacial score (nSPS) is 17.9. The van der Waals surface area contributed by atoms with E-state index in [2.05, 4.69) is 7.26 Å². The van der Waals surface area contributed by atoms with Crippen molar-refractivity contribution in [2.24, 2.45) is 0 Å². The van der Waals surface area contributed by atoms with Gasteiger partial charge in [0.05, 0.1) is 0 Å². The van der Waals surface area contributed by atoms with Gasteiger partial charge >= 0.3 is 21.4 Å². The van der Waals surface area contributed by atoms with E-state index in [9.17, 15) is 26.0 Å². The quantitative estimate of drug-likeness (QED) is 0.203. The highest BCUT2D eigenvalue weighted by Gasteiger charge is 2.65. The van der Waals surface area contributed by atoms with Gasteiger partial charge in [0.1, 0.15) is 23.3 Å². The Hall–Kier alpha value is -3.25.